The molecular weight excluding hydrogens is 305 g/mol. The zero-order valence-corrected chi connectivity index (χ0v) is 11.2. The molecule has 90 valence electrons. The highest BCUT2D eigenvalue weighted by Crippen LogP contribution is 2.32. The molecule has 1 aromatic heterocycles. The van der Waals surface area contributed by atoms with Gasteiger partial charge in [0, 0.05) is 17.6 Å². The third kappa shape index (κ3) is 2.76. The monoisotopic (exact) mass is 315 g/mol. The molecule has 0 spiro atoms. The standard InChI is InChI=1S/C12H11BrClNO2/c13-10-7-11(16)15(12(10)17)6-5-8-1-3-9(14)4-2-8/h1-4,7,16-17H,5-6H2. The molecule has 0 aliphatic carbocycles. The number of rotatable bonds is 3. The van der Waals surface area contributed by atoms with Gasteiger partial charge < -0.3 is 10.2 Å². The highest BCUT2D eigenvalue weighted by Gasteiger charge is 2.11. The van der Waals surface area contributed by atoms with Crippen molar-refractivity contribution < 1.29 is 10.2 Å². The molecule has 0 bridgehead atoms. The van der Waals surface area contributed by atoms with Crippen LogP contribution in [0.3, 0.4) is 0 Å². The number of hydrogen-bond acceptors (Lipinski definition) is 2. The molecule has 1 aromatic carbocycles. The topological polar surface area (TPSA) is 45.4 Å². The molecule has 2 rings (SSSR count). The molecule has 17 heavy (non-hydrogen) atoms. The van der Waals surface area contributed by atoms with Gasteiger partial charge in [-0.2, -0.15) is 0 Å². The summed E-state index contributed by atoms with van der Waals surface area (Å²) < 4.78 is 1.93. The molecule has 5 heteroatoms. The Bertz CT molecular complexity index is 522. The summed E-state index contributed by atoms with van der Waals surface area (Å²) in [6.45, 7) is 0.505. The Morgan fingerprint density at radius 1 is 1.18 bits per heavy atom. The predicted octanol–water partition coefficient (Wildman–Crippen LogP) is 3.56. The lowest BCUT2D eigenvalue weighted by atomic mass is 10.1. The first-order valence-corrected chi connectivity index (χ1v) is 6.26. The third-order valence-corrected chi connectivity index (χ3v) is 3.37. The molecule has 1 heterocycles. The van der Waals surface area contributed by atoms with Crippen LogP contribution in [0.4, 0.5) is 0 Å². The number of nitrogens with zero attached hydrogens (tertiary/aromatic N) is 1. The number of aromatic hydroxyl groups is 2. The second-order valence-corrected chi connectivity index (χ2v) is 4.99. The molecule has 0 saturated carbocycles. The SMILES string of the molecule is Oc1cc(Br)c(O)n1CCc1ccc(Cl)cc1. The number of hydrogen-bond donors (Lipinski definition) is 2. The molecule has 0 amide bonds. The van der Waals surface area contributed by atoms with Crippen LogP contribution in [0.15, 0.2) is 34.8 Å². The van der Waals surface area contributed by atoms with Crippen LogP contribution >= 0.6 is 27.5 Å². The average Bonchev–Trinajstić information content (AvgIpc) is 2.54. The normalized spacial score (nSPS) is 10.7. The lowest BCUT2D eigenvalue weighted by Gasteiger charge is -2.06. The zero-order valence-electron chi connectivity index (χ0n) is 8.90. The van der Waals surface area contributed by atoms with E-state index in [2.05, 4.69) is 15.9 Å². The van der Waals surface area contributed by atoms with Crippen molar-refractivity contribution in [2.75, 3.05) is 0 Å². The van der Waals surface area contributed by atoms with Crippen LogP contribution in [0.1, 0.15) is 5.56 Å². The fraction of sp³-hybridized carbons (Fsp3) is 0.167. The van der Waals surface area contributed by atoms with Crippen molar-refractivity contribution in [2.24, 2.45) is 0 Å². The Balaban J connectivity index is 2.09. The molecular formula is C12H11BrClNO2. The third-order valence-electron chi connectivity index (χ3n) is 2.54. The second kappa shape index (κ2) is 5.02. The van der Waals surface area contributed by atoms with Gasteiger partial charge in [-0.05, 0) is 40.0 Å². The van der Waals surface area contributed by atoms with Crippen molar-refractivity contribution in [1.82, 2.24) is 4.57 Å². The van der Waals surface area contributed by atoms with E-state index >= 15 is 0 Å². The molecule has 0 atom stereocenters. The maximum atomic E-state index is 9.68. The molecule has 3 nitrogen and oxygen atoms in total. The molecule has 0 aliphatic rings. The first-order chi connectivity index (χ1) is 8.08. The summed E-state index contributed by atoms with van der Waals surface area (Å²) in [5.74, 6) is 0.0832. The molecule has 0 unspecified atom stereocenters. The van der Waals surface area contributed by atoms with E-state index in [0.717, 1.165) is 5.56 Å². The summed E-state index contributed by atoms with van der Waals surface area (Å²) in [6.07, 6.45) is 0.708. The average molecular weight is 317 g/mol. The van der Waals surface area contributed by atoms with Gasteiger partial charge in [-0.1, -0.05) is 23.7 Å². The van der Waals surface area contributed by atoms with E-state index < -0.39 is 0 Å². The van der Waals surface area contributed by atoms with Crippen molar-refractivity contribution >= 4 is 27.5 Å². The first-order valence-electron chi connectivity index (χ1n) is 5.09. The van der Waals surface area contributed by atoms with Gasteiger partial charge in [0.25, 0.3) is 0 Å². The Hall–Kier alpha value is -1.13. The van der Waals surface area contributed by atoms with E-state index in [9.17, 15) is 10.2 Å². The van der Waals surface area contributed by atoms with Crippen molar-refractivity contribution in [3.8, 4) is 11.8 Å². The largest absolute Gasteiger partial charge is 0.494 e. The fourth-order valence-electron chi connectivity index (χ4n) is 1.61. The first kappa shape index (κ1) is 12.3. The Kier molecular flexibility index (Phi) is 3.64. The smallest absolute Gasteiger partial charge is 0.208 e. The summed E-state index contributed by atoms with van der Waals surface area (Å²) in [4.78, 5) is 0. The van der Waals surface area contributed by atoms with E-state index in [1.54, 1.807) is 0 Å². The van der Waals surface area contributed by atoms with Gasteiger partial charge in [0.1, 0.15) is 0 Å². The van der Waals surface area contributed by atoms with Gasteiger partial charge in [0.05, 0.1) is 4.47 Å². The van der Waals surface area contributed by atoms with Crippen LogP contribution in [-0.4, -0.2) is 14.8 Å². The maximum Gasteiger partial charge on any atom is 0.208 e. The van der Waals surface area contributed by atoms with Crippen molar-refractivity contribution in [2.45, 2.75) is 13.0 Å². The van der Waals surface area contributed by atoms with Gasteiger partial charge in [-0.25, -0.2) is 0 Å². The highest BCUT2D eigenvalue weighted by molar-refractivity contribution is 9.10. The van der Waals surface area contributed by atoms with Crippen LogP contribution in [0.5, 0.6) is 11.8 Å². The van der Waals surface area contributed by atoms with E-state index in [0.29, 0.717) is 22.5 Å². The maximum absolute atomic E-state index is 9.68. The number of aryl methyl sites for hydroxylation is 1. The van der Waals surface area contributed by atoms with E-state index in [-0.39, 0.29) is 11.8 Å². The minimum atomic E-state index is 0.0384. The number of halogens is 2. The Morgan fingerprint density at radius 3 is 2.35 bits per heavy atom. The van der Waals surface area contributed by atoms with Crippen LogP contribution in [0, 0.1) is 0 Å². The minimum Gasteiger partial charge on any atom is -0.494 e. The number of aromatic nitrogens is 1. The van der Waals surface area contributed by atoms with Gasteiger partial charge in [0.15, 0.2) is 5.88 Å². The van der Waals surface area contributed by atoms with E-state index in [4.69, 9.17) is 11.6 Å². The van der Waals surface area contributed by atoms with Gasteiger partial charge in [0.2, 0.25) is 5.88 Å². The van der Waals surface area contributed by atoms with Gasteiger partial charge in [-0.3, -0.25) is 4.57 Å². The van der Waals surface area contributed by atoms with Crippen LogP contribution in [0.25, 0.3) is 0 Å². The van der Waals surface area contributed by atoms with E-state index in [1.165, 1.54) is 10.6 Å². The summed E-state index contributed by atoms with van der Waals surface area (Å²) >= 11 is 8.95. The highest BCUT2D eigenvalue weighted by atomic mass is 79.9. The quantitative estimate of drug-likeness (QED) is 0.909. The summed E-state index contributed by atoms with van der Waals surface area (Å²) in [7, 11) is 0. The van der Waals surface area contributed by atoms with Crippen LogP contribution < -0.4 is 0 Å². The molecule has 0 aliphatic heterocycles. The Labute approximate surface area is 112 Å². The molecule has 0 radical (unpaired) electrons. The lowest BCUT2D eigenvalue weighted by molar-refractivity contribution is 0.367. The van der Waals surface area contributed by atoms with Crippen molar-refractivity contribution in [3.63, 3.8) is 0 Å². The molecule has 2 N–H and O–H groups in total. The molecule has 0 saturated heterocycles. The van der Waals surface area contributed by atoms with Crippen LogP contribution in [-0.2, 0) is 13.0 Å². The molecule has 2 aromatic rings. The Morgan fingerprint density at radius 2 is 1.82 bits per heavy atom. The van der Waals surface area contributed by atoms with Crippen molar-refractivity contribution in [3.05, 3.63) is 45.4 Å². The summed E-state index contributed by atoms with van der Waals surface area (Å²) in [6, 6.07) is 8.96. The predicted molar refractivity (Wildman–Crippen MR) is 70.6 cm³/mol. The lowest BCUT2D eigenvalue weighted by Crippen LogP contribution is -2.00. The summed E-state index contributed by atoms with van der Waals surface area (Å²) in [5, 5.41) is 20.0. The van der Waals surface area contributed by atoms with Gasteiger partial charge in [-0.15, -0.1) is 0 Å². The zero-order chi connectivity index (χ0) is 12.4. The fourth-order valence-corrected chi connectivity index (χ4v) is 2.15. The summed E-state index contributed by atoms with van der Waals surface area (Å²) in [5.41, 5.74) is 1.10. The van der Waals surface area contributed by atoms with Crippen molar-refractivity contribution in [1.29, 1.82) is 0 Å². The van der Waals surface area contributed by atoms with Gasteiger partial charge >= 0.3 is 0 Å². The second-order valence-electron chi connectivity index (χ2n) is 3.70. The molecule has 0 fully saturated rings. The van der Waals surface area contributed by atoms with E-state index in [1.807, 2.05) is 24.3 Å². The van der Waals surface area contributed by atoms with Crippen LogP contribution in [0.2, 0.25) is 5.02 Å². The number of benzene rings is 1. The minimum absolute atomic E-state index is 0.0384.